The Bertz CT molecular complexity index is 372. The minimum atomic E-state index is 0.339. The van der Waals surface area contributed by atoms with E-state index in [-0.39, 0.29) is 0 Å². The van der Waals surface area contributed by atoms with Crippen molar-refractivity contribution in [1.29, 1.82) is 0 Å². The fraction of sp³-hybridized carbons (Fsp3) is 0.429. The van der Waals surface area contributed by atoms with Crippen LogP contribution in [0.3, 0.4) is 0 Å². The van der Waals surface area contributed by atoms with Gasteiger partial charge in [-0.05, 0) is 26.5 Å². The molecule has 0 aliphatic heterocycles. The summed E-state index contributed by atoms with van der Waals surface area (Å²) < 4.78 is 5.65. The summed E-state index contributed by atoms with van der Waals surface area (Å²) in [7, 11) is 1.97. The zero-order valence-electron chi connectivity index (χ0n) is 10.2. The third kappa shape index (κ3) is 3.29. The molecule has 0 aliphatic rings. The molecular weight excluding hydrogens is 198 g/mol. The van der Waals surface area contributed by atoms with Crippen molar-refractivity contribution >= 4 is 0 Å². The molecule has 0 saturated carbocycles. The van der Waals surface area contributed by atoms with Crippen LogP contribution < -0.4 is 10.1 Å². The molecule has 2 nitrogen and oxygen atoms in total. The Balaban J connectivity index is 2.84. The first-order valence-corrected chi connectivity index (χ1v) is 5.62. The van der Waals surface area contributed by atoms with Crippen LogP contribution in [0.2, 0.25) is 0 Å². The summed E-state index contributed by atoms with van der Waals surface area (Å²) in [6.45, 7) is 4.43. The molecule has 0 saturated heterocycles. The largest absolute Gasteiger partial charge is 0.481 e. The summed E-state index contributed by atoms with van der Waals surface area (Å²) in [5.74, 6) is 6.65. The highest BCUT2D eigenvalue weighted by Gasteiger charge is 2.11. The molecule has 16 heavy (non-hydrogen) atoms. The van der Waals surface area contributed by atoms with Gasteiger partial charge in [0.1, 0.15) is 12.4 Å². The van der Waals surface area contributed by atoms with Crippen LogP contribution in [-0.2, 0) is 0 Å². The van der Waals surface area contributed by atoms with E-state index >= 15 is 0 Å². The standard InChI is InChI=1S/C14H19NO/c1-4-6-11-16-14-10-8-7-9-12(14)13(5-2)15-3/h7-10,13,15H,5,11H2,1-3H3. The summed E-state index contributed by atoms with van der Waals surface area (Å²) in [5.41, 5.74) is 1.20. The maximum absolute atomic E-state index is 5.65. The van der Waals surface area contributed by atoms with Crippen LogP contribution >= 0.6 is 0 Å². The van der Waals surface area contributed by atoms with Crippen molar-refractivity contribution in [3.63, 3.8) is 0 Å². The molecule has 2 heteroatoms. The van der Waals surface area contributed by atoms with Crippen molar-refractivity contribution in [2.75, 3.05) is 13.7 Å². The summed E-state index contributed by atoms with van der Waals surface area (Å²) in [6.07, 6.45) is 1.04. The lowest BCUT2D eigenvalue weighted by atomic mass is 10.0. The van der Waals surface area contributed by atoms with E-state index in [1.54, 1.807) is 0 Å². The maximum Gasteiger partial charge on any atom is 0.149 e. The molecule has 1 unspecified atom stereocenters. The van der Waals surface area contributed by atoms with E-state index in [1.165, 1.54) is 5.56 Å². The summed E-state index contributed by atoms with van der Waals surface area (Å²) in [5, 5.41) is 3.28. The third-order valence-corrected chi connectivity index (χ3v) is 2.53. The van der Waals surface area contributed by atoms with Crippen LogP contribution in [0, 0.1) is 11.8 Å². The molecule has 0 spiro atoms. The highest BCUT2D eigenvalue weighted by Crippen LogP contribution is 2.26. The monoisotopic (exact) mass is 217 g/mol. The Kier molecular flexibility index (Phi) is 5.45. The molecule has 0 fully saturated rings. The van der Waals surface area contributed by atoms with Gasteiger partial charge >= 0.3 is 0 Å². The van der Waals surface area contributed by atoms with Gasteiger partial charge in [-0.1, -0.05) is 31.0 Å². The summed E-state index contributed by atoms with van der Waals surface area (Å²) >= 11 is 0. The lowest BCUT2D eigenvalue weighted by Gasteiger charge is -2.17. The number of para-hydroxylation sites is 1. The van der Waals surface area contributed by atoms with E-state index < -0.39 is 0 Å². The quantitative estimate of drug-likeness (QED) is 0.766. The molecule has 0 heterocycles. The van der Waals surface area contributed by atoms with E-state index in [9.17, 15) is 0 Å². The topological polar surface area (TPSA) is 21.3 Å². The highest BCUT2D eigenvalue weighted by atomic mass is 16.5. The average Bonchev–Trinajstić information content (AvgIpc) is 2.33. The molecule has 1 aromatic rings. The van der Waals surface area contributed by atoms with Crippen LogP contribution in [-0.4, -0.2) is 13.7 Å². The molecule has 0 radical (unpaired) electrons. The Morgan fingerprint density at radius 2 is 2.12 bits per heavy atom. The minimum Gasteiger partial charge on any atom is -0.481 e. The number of nitrogens with one attached hydrogen (secondary N) is 1. The molecule has 0 aliphatic carbocycles. The van der Waals surface area contributed by atoms with E-state index in [0.717, 1.165) is 12.2 Å². The van der Waals surface area contributed by atoms with E-state index in [1.807, 2.05) is 32.2 Å². The van der Waals surface area contributed by atoms with Crippen LogP contribution in [0.15, 0.2) is 24.3 Å². The fourth-order valence-electron chi connectivity index (χ4n) is 1.67. The maximum atomic E-state index is 5.65. The summed E-state index contributed by atoms with van der Waals surface area (Å²) in [6, 6.07) is 8.45. The van der Waals surface area contributed by atoms with Crippen LogP contribution in [0.1, 0.15) is 31.9 Å². The fourth-order valence-corrected chi connectivity index (χ4v) is 1.67. The Labute approximate surface area is 98.0 Å². The molecular formula is C14H19NO. The van der Waals surface area contributed by atoms with Gasteiger partial charge in [0.2, 0.25) is 0 Å². The van der Waals surface area contributed by atoms with Gasteiger partial charge in [0.25, 0.3) is 0 Å². The predicted octanol–water partition coefficient (Wildman–Crippen LogP) is 2.76. The number of hydrogen-bond donors (Lipinski definition) is 1. The zero-order valence-corrected chi connectivity index (χ0v) is 10.2. The van der Waals surface area contributed by atoms with E-state index in [4.69, 9.17) is 4.74 Å². The first-order valence-electron chi connectivity index (χ1n) is 5.62. The van der Waals surface area contributed by atoms with Gasteiger partial charge in [0.15, 0.2) is 0 Å². The van der Waals surface area contributed by atoms with Crippen molar-refractivity contribution in [3.05, 3.63) is 29.8 Å². The van der Waals surface area contributed by atoms with Gasteiger partial charge in [-0.3, -0.25) is 0 Å². The second-order valence-electron chi connectivity index (χ2n) is 3.50. The number of hydrogen-bond acceptors (Lipinski definition) is 2. The second kappa shape index (κ2) is 6.92. The van der Waals surface area contributed by atoms with Crippen molar-refractivity contribution in [1.82, 2.24) is 5.32 Å². The van der Waals surface area contributed by atoms with Gasteiger partial charge in [-0.25, -0.2) is 0 Å². The Hall–Kier alpha value is -1.46. The SMILES string of the molecule is CC#CCOc1ccccc1C(CC)NC. The van der Waals surface area contributed by atoms with Crippen molar-refractivity contribution in [3.8, 4) is 17.6 Å². The van der Waals surface area contributed by atoms with Gasteiger partial charge < -0.3 is 10.1 Å². The highest BCUT2D eigenvalue weighted by molar-refractivity contribution is 5.36. The number of ether oxygens (including phenoxy) is 1. The molecule has 1 N–H and O–H groups in total. The lowest BCUT2D eigenvalue weighted by Crippen LogP contribution is -2.16. The smallest absolute Gasteiger partial charge is 0.149 e. The Morgan fingerprint density at radius 3 is 2.75 bits per heavy atom. The van der Waals surface area contributed by atoms with Gasteiger partial charge in [0.05, 0.1) is 0 Å². The molecule has 1 rings (SSSR count). The molecule has 0 aromatic heterocycles. The van der Waals surface area contributed by atoms with E-state index in [0.29, 0.717) is 12.6 Å². The third-order valence-electron chi connectivity index (χ3n) is 2.53. The minimum absolute atomic E-state index is 0.339. The van der Waals surface area contributed by atoms with Crippen LogP contribution in [0.25, 0.3) is 0 Å². The van der Waals surface area contributed by atoms with Crippen molar-refractivity contribution < 1.29 is 4.74 Å². The Morgan fingerprint density at radius 1 is 1.38 bits per heavy atom. The molecule has 0 amide bonds. The van der Waals surface area contributed by atoms with Gasteiger partial charge in [-0.15, -0.1) is 5.92 Å². The molecule has 1 aromatic carbocycles. The zero-order chi connectivity index (χ0) is 11.8. The average molecular weight is 217 g/mol. The predicted molar refractivity (Wildman–Crippen MR) is 67.5 cm³/mol. The van der Waals surface area contributed by atoms with E-state index in [2.05, 4.69) is 30.1 Å². The molecule has 0 bridgehead atoms. The lowest BCUT2D eigenvalue weighted by molar-refractivity contribution is 0.359. The number of rotatable bonds is 5. The first-order chi connectivity index (χ1) is 7.83. The van der Waals surface area contributed by atoms with Crippen LogP contribution in [0.4, 0.5) is 0 Å². The van der Waals surface area contributed by atoms with Crippen LogP contribution in [0.5, 0.6) is 5.75 Å². The summed E-state index contributed by atoms with van der Waals surface area (Å²) in [4.78, 5) is 0. The van der Waals surface area contributed by atoms with Crippen molar-refractivity contribution in [2.24, 2.45) is 0 Å². The molecule has 1 atom stereocenters. The normalized spacial score (nSPS) is 11.4. The first kappa shape index (κ1) is 12.6. The van der Waals surface area contributed by atoms with Gasteiger partial charge in [0, 0.05) is 11.6 Å². The van der Waals surface area contributed by atoms with Crippen molar-refractivity contribution in [2.45, 2.75) is 26.3 Å². The molecule has 86 valence electrons. The second-order valence-corrected chi connectivity index (χ2v) is 3.50. The van der Waals surface area contributed by atoms with Gasteiger partial charge in [-0.2, -0.15) is 0 Å². The number of benzene rings is 1.